The number of hydrogen-bond donors (Lipinski definition) is 0. The third-order valence-corrected chi connectivity index (χ3v) is 5.48. The van der Waals surface area contributed by atoms with Crippen LogP contribution in [0.1, 0.15) is 24.9 Å². The zero-order chi connectivity index (χ0) is 18.7. The van der Waals surface area contributed by atoms with Crippen LogP contribution in [0.3, 0.4) is 0 Å². The Balaban J connectivity index is 1.63. The van der Waals surface area contributed by atoms with Gasteiger partial charge >= 0.3 is 5.97 Å². The molecule has 26 heavy (non-hydrogen) atoms. The van der Waals surface area contributed by atoms with Crippen molar-refractivity contribution in [3.05, 3.63) is 45.6 Å². The normalized spacial score (nSPS) is 14.3. The predicted octanol–water partition coefficient (Wildman–Crippen LogP) is 2.81. The topological polar surface area (TPSA) is 59.1 Å². The molecule has 7 heteroatoms. The van der Waals surface area contributed by atoms with Crippen LogP contribution in [0.5, 0.6) is 5.75 Å². The van der Waals surface area contributed by atoms with Crippen molar-refractivity contribution in [1.82, 2.24) is 4.90 Å². The van der Waals surface area contributed by atoms with Crippen molar-refractivity contribution in [2.75, 3.05) is 45.3 Å². The Bertz CT molecular complexity index is 792. The molecule has 0 aliphatic carbocycles. The summed E-state index contributed by atoms with van der Waals surface area (Å²) in [5, 5.41) is 0. The molecule has 1 aromatic carbocycles. The molecule has 0 spiro atoms. The Labute approximate surface area is 156 Å². The molecule has 1 fully saturated rings. The minimum absolute atomic E-state index is 0.0284. The van der Waals surface area contributed by atoms with Gasteiger partial charge in [-0.2, -0.15) is 0 Å². The van der Waals surface area contributed by atoms with E-state index >= 15 is 0 Å². The number of nitrogens with zero attached hydrogens (tertiary/aromatic N) is 2. The molecule has 1 aromatic heterocycles. The molecule has 2 aromatic rings. The highest BCUT2D eigenvalue weighted by Gasteiger charge is 2.26. The predicted molar refractivity (Wildman–Crippen MR) is 102 cm³/mol. The Kier molecular flexibility index (Phi) is 5.46. The molecular weight excluding hydrogens is 352 g/mol. The Hall–Kier alpha value is -2.54. The molecule has 0 N–H and O–H groups in total. The molecule has 138 valence electrons. The van der Waals surface area contributed by atoms with Crippen molar-refractivity contribution in [3.8, 4) is 5.75 Å². The fraction of sp³-hybridized carbons (Fsp3) is 0.368. The largest absolute Gasteiger partial charge is 0.495 e. The van der Waals surface area contributed by atoms with Gasteiger partial charge in [-0.05, 0) is 37.3 Å². The van der Waals surface area contributed by atoms with Gasteiger partial charge in [0, 0.05) is 36.7 Å². The van der Waals surface area contributed by atoms with Gasteiger partial charge in [-0.25, -0.2) is 4.79 Å². The SMILES string of the molecule is COC(=O)c1ccc(N2CCN(C(=O)c3sc(C)cc3OC)CC2)cc1. The van der Waals surface area contributed by atoms with Crippen molar-refractivity contribution < 1.29 is 19.1 Å². The first-order chi connectivity index (χ1) is 12.5. The maximum Gasteiger partial charge on any atom is 0.337 e. The van der Waals surface area contributed by atoms with E-state index in [1.165, 1.54) is 18.4 Å². The number of amides is 1. The van der Waals surface area contributed by atoms with Crippen molar-refractivity contribution in [3.63, 3.8) is 0 Å². The number of anilines is 1. The van der Waals surface area contributed by atoms with E-state index < -0.39 is 0 Å². The fourth-order valence-corrected chi connectivity index (χ4v) is 3.98. The summed E-state index contributed by atoms with van der Waals surface area (Å²) in [6.07, 6.45) is 0. The second-order valence-electron chi connectivity index (χ2n) is 6.07. The van der Waals surface area contributed by atoms with Crippen molar-refractivity contribution in [2.24, 2.45) is 0 Å². The number of benzene rings is 1. The number of piperazine rings is 1. The smallest absolute Gasteiger partial charge is 0.337 e. The van der Waals surface area contributed by atoms with Gasteiger partial charge in [-0.3, -0.25) is 4.79 Å². The Morgan fingerprint density at radius 2 is 1.69 bits per heavy atom. The number of aryl methyl sites for hydroxylation is 1. The van der Waals surface area contributed by atoms with Crippen LogP contribution < -0.4 is 9.64 Å². The van der Waals surface area contributed by atoms with Gasteiger partial charge in [-0.1, -0.05) is 0 Å². The first-order valence-electron chi connectivity index (χ1n) is 8.40. The van der Waals surface area contributed by atoms with Crippen molar-refractivity contribution in [1.29, 1.82) is 0 Å². The van der Waals surface area contributed by atoms with Gasteiger partial charge in [0.05, 0.1) is 19.8 Å². The van der Waals surface area contributed by atoms with Crippen LogP contribution in [0, 0.1) is 6.92 Å². The number of rotatable bonds is 4. The number of carbonyl (C=O) groups is 2. The lowest BCUT2D eigenvalue weighted by atomic mass is 10.2. The zero-order valence-electron chi connectivity index (χ0n) is 15.2. The molecule has 1 saturated heterocycles. The van der Waals surface area contributed by atoms with E-state index in [4.69, 9.17) is 9.47 Å². The lowest BCUT2D eigenvalue weighted by Crippen LogP contribution is -2.48. The summed E-state index contributed by atoms with van der Waals surface area (Å²) >= 11 is 1.47. The van der Waals surface area contributed by atoms with E-state index in [9.17, 15) is 9.59 Å². The van der Waals surface area contributed by atoms with Crippen LogP contribution in [0.15, 0.2) is 30.3 Å². The number of esters is 1. The van der Waals surface area contributed by atoms with Crippen LogP contribution in [0.4, 0.5) is 5.69 Å². The van der Waals surface area contributed by atoms with E-state index in [2.05, 4.69) is 4.90 Å². The molecular formula is C19H22N2O4S. The molecule has 1 amide bonds. The van der Waals surface area contributed by atoms with Gasteiger partial charge in [-0.15, -0.1) is 11.3 Å². The average molecular weight is 374 g/mol. The van der Waals surface area contributed by atoms with Gasteiger partial charge in [0.2, 0.25) is 0 Å². The summed E-state index contributed by atoms with van der Waals surface area (Å²) in [6, 6.07) is 9.25. The number of methoxy groups -OCH3 is 2. The summed E-state index contributed by atoms with van der Waals surface area (Å²) < 4.78 is 10.0. The molecule has 0 unspecified atom stereocenters. The quantitative estimate of drug-likeness (QED) is 0.770. The van der Waals surface area contributed by atoms with E-state index in [0.717, 1.165) is 23.7 Å². The summed E-state index contributed by atoms with van der Waals surface area (Å²) in [5.74, 6) is 0.339. The zero-order valence-corrected chi connectivity index (χ0v) is 16.0. The molecule has 1 aliphatic heterocycles. The van der Waals surface area contributed by atoms with Gasteiger partial charge in [0.1, 0.15) is 10.6 Å². The number of thiophene rings is 1. The van der Waals surface area contributed by atoms with Gasteiger partial charge in [0.15, 0.2) is 0 Å². The van der Waals surface area contributed by atoms with Gasteiger partial charge < -0.3 is 19.3 Å². The molecule has 0 atom stereocenters. The van der Waals surface area contributed by atoms with E-state index in [1.54, 1.807) is 19.2 Å². The van der Waals surface area contributed by atoms with E-state index in [-0.39, 0.29) is 11.9 Å². The highest BCUT2D eigenvalue weighted by Crippen LogP contribution is 2.30. The molecule has 0 bridgehead atoms. The molecule has 2 heterocycles. The third-order valence-electron chi connectivity index (χ3n) is 4.46. The number of ether oxygens (including phenoxy) is 2. The van der Waals surface area contributed by atoms with E-state index in [0.29, 0.717) is 29.3 Å². The maximum absolute atomic E-state index is 12.8. The second-order valence-corrected chi connectivity index (χ2v) is 7.33. The van der Waals surface area contributed by atoms with Crippen molar-refractivity contribution in [2.45, 2.75) is 6.92 Å². The van der Waals surface area contributed by atoms with Crippen LogP contribution in [-0.2, 0) is 4.74 Å². The van der Waals surface area contributed by atoms with Crippen LogP contribution in [-0.4, -0.2) is 57.2 Å². The first kappa shape index (κ1) is 18.3. The lowest BCUT2D eigenvalue weighted by molar-refractivity contribution is 0.0600. The fourth-order valence-electron chi connectivity index (χ4n) is 3.03. The summed E-state index contributed by atoms with van der Waals surface area (Å²) in [7, 11) is 2.96. The minimum atomic E-state index is -0.341. The van der Waals surface area contributed by atoms with Crippen molar-refractivity contribution >= 4 is 28.9 Å². The molecule has 3 rings (SSSR count). The monoisotopic (exact) mass is 374 g/mol. The molecule has 6 nitrogen and oxygen atoms in total. The lowest BCUT2D eigenvalue weighted by Gasteiger charge is -2.36. The van der Waals surface area contributed by atoms with Gasteiger partial charge in [0.25, 0.3) is 5.91 Å². The maximum atomic E-state index is 12.8. The minimum Gasteiger partial charge on any atom is -0.495 e. The Morgan fingerprint density at radius 1 is 1.04 bits per heavy atom. The highest BCUT2D eigenvalue weighted by molar-refractivity contribution is 7.14. The van der Waals surface area contributed by atoms with Crippen LogP contribution >= 0.6 is 11.3 Å². The molecule has 0 saturated carbocycles. The second kappa shape index (κ2) is 7.78. The van der Waals surface area contributed by atoms with E-state index in [1.807, 2.05) is 30.0 Å². The Morgan fingerprint density at radius 3 is 2.27 bits per heavy atom. The highest BCUT2D eigenvalue weighted by atomic mass is 32.1. The van der Waals surface area contributed by atoms with Crippen LogP contribution in [0.25, 0.3) is 0 Å². The first-order valence-corrected chi connectivity index (χ1v) is 9.22. The average Bonchev–Trinajstić information content (AvgIpc) is 3.08. The third kappa shape index (κ3) is 3.67. The molecule has 0 radical (unpaired) electrons. The van der Waals surface area contributed by atoms with Crippen LogP contribution in [0.2, 0.25) is 0 Å². The number of carbonyl (C=O) groups excluding carboxylic acids is 2. The summed E-state index contributed by atoms with van der Waals surface area (Å²) in [5.41, 5.74) is 1.57. The summed E-state index contributed by atoms with van der Waals surface area (Å²) in [6.45, 7) is 4.77. The standard InChI is InChI=1S/C19H22N2O4S/c1-13-12-16(24-2)17(26-13)18(22)21-10-8-20(9-11-21)15-6-4-14(5-7-15)19(23)25-3/h4-7,12H,8-11H2,1-3H3. The molecule has 1 aliphatic rings. The summed E-state index contributed by atoms with van der Waals surface area (Å²) in [4.78, 5) is 30.1. The number of hydrogen-bond acceptors (Lipinski definition) is 6.